The monoisotopic (exact) mass is 306 g/mol. The molecule has 1 saturated carbocycles. The van der Waals surface area contributed by atoms with Crippen LogP contribution in [0, 0.1) is 0 Å². The van der Waals surface area contributed by atoms with Gasteiger partial charge in [-0.2, -0.15) is 0 Å². The van der Waals surface area contributed by atoms with Crippen LogP contribution in [0.15, 0.2) is 33.7 Å². The molecule has 0 aromatic heterocycles. The molecule has 1 aromatic carbocycles. The Morgan fingerprint density at radius 3 is 2.56 bits per heavy atom. The van der Waals surface area contributed by atoms with Crippen LogP contribution in [-0.4, -0.2) is 22.7 Å². The van der Waals surface area contributed by atoms with Crippen LogP contribution in [0.2, 0.25) is 0 Å². The Balaban J connectivity index is 1.74. The molecule has 0 bridgehead atoms. The molecule has 1 amide bonds. The first-order valence-electron chi connectivity index (χ1n) is 6.30. The van der Waals surface area contributed by atoms with Crippen LogP contribution in [0.5, 0.6) is 0 Å². The van der Waals surface area contributed by atoms with E-state index in [9.17, 15) is 4.79 Å². The van der Waals surface area contributed by atoms with Crippen molar-refractivity contribution < 1.29 is 4.79 Å². The summed E-state index contributed by atoms with van der Waals surface area (Å²) in [7, 11) is 0. The molecular weight excluding hydrogens is 292 g/mol. The number of aliphatic imine (C=N–C) groups is 1. The van der Waals surface area contributed by atoms with E-state index in [1.807, 2.05) is 24.3 Å². The molecule has 4 heteroatoms. The van der Waals surface area contributed by atoms with Gasteiger partial charge >= 0.3 is 0 Å². The van der Waals surface area contributed by atoms with E-state index in [0.717, 1.165) is 35.7 Å². The highest BCUT2D eigenvalue weighted by atomic mass is 79.9. The summed E-state index contributed by atoms with van der Waals surface area (Å²) in [5, 5.41) is 0. The van der Waals surface area contributed by atoms with Gasteiger partial charge in [0.1, 0.15) is 5.54 Å². The lowest BCUT2D eigenvalue weighted by Crippen LogP contribution is -2.38. The molecule has 1 heterocycles. The number of hydrogen-bond acceptors (Lipinski definition) is 2. The standard InChI is InChI=1S/C14H15BrN2O/c15-12-5-3-11(4-6-12)9-17-10-16-14(13(17)18)7-1-2-8-14/h3-6,10H,1-2,7-9H2. The summed E-state index contributed by atoms with van der Waals surface area (Å²) in [5.74, 6) is 0.183. The Morgan fingerprint density at radius 2 is 1.89 bits per heavy atom. The van der Waals surface area contributed by atoms with Crippen molar-refractivity contribution in [2.24, 2.45) is 4.99 Å². The molecule has 1 spiro atoms. The number of halogens is 1. The zero-order valence-corrected chi connectivity index (χ0v) is 11.7. The van der Waals surface area contributed by atoms with Gasteiger partial charge in [0.05, 0.1) is 12.9 Å². The molecule has 1 aromatic rings. The van der Waals surface area contributed by atoms with Crippen molar-refractivity contribution in [1.82, 2.24) is 4.90 Å². The maximum absolute atomic E-state index is 12.4. The van der Waals surface area contributed by atoms with Gasteiger partial charge in [-0.1, -0.05) is 40.9 Å². The van der Waals surface area contributed by atoms with E-state index in [4.69, 9.17) is 0 Å². The van der Waals surface area contributed by atoms with Gasteiger partial charge in [-0.3, -0.25) is 14.7 Å². The van der Waals surface area contributed by atoms with E-state index >= 15 is 0 Å². The van der Waals surface area contributed by atoms with Crippen molar-refractivity contribution in [2.75, 3.05) is 0 Å². The van der Waals surface area contributed by atoms with E-state index in [1.165, 1.54) is 0 Å². The van der Waals surface area contributed by atoms with E-state index in [-0.39, 0.29) is 5.91 Å². The Labute approximate surface area is 115 Å². The highest BCUT2D eigenvalue weighted by Crippen LogP contribution is 2.37. The summed E-state index contributed by atoms with van der Waals surface area (Å²) >= 11 is 3.41. The first-order chi connectivity index (χ1) is 8.70. The summed E-state index contributed by atoms with van der Waals surface area (Å²) in [4.78, 5) is 18.6. The van der Waals surface area contributed by atoms with Crippen LogP contribution in [0.3, 0.4) is 0 Å². The van der Waals surface area contributed by atoms with Gasteiger partial charge in [-0.25, -0.2) is 0 Å². The normalized spacial score (nSPS) is 21.2. The lowest BCUT2D eigenvalue weighted by molar-refractivity contribution is -0.131. The number of benzene rings is 1. The van der Waals surface area contributed by atoms with Crippen molar-refractivity contribution >= 4 is 28.2 Å². The molecule has 0 unspecified atom stereocenters. The summed E-state index contributed by atoms with van der Waals surface area (Å²) in [6.45, 7) is 0.622. The zero-order chi connectivity index (χ0) is 12.6. The minimum Gasteiger partial charge on any atom is -0.297 e. The highest BCUT2D eigenvalue weighted by molar-refractivity contribution is 9.10. The van der Waals surface area contributed by atoms with Crippen LogP contribution in [0.4, 0.5) is 0 Å². The van der Waals surface area contributed by atoms with Crippen molar-refractivity contribution in [3.05, 3.63) is 34.3 Å². The van der Waals surface area contributed by atoms with Gasteiger partial charge in [0.2, 0.25) is 0 Å². The molecule has 2 aliphatic rings. The summed E-state index contributed by atoms with van der Waals surface area (Å²) in [5.41, 5.74) is 0.725. The number of rotatable bonds is 2. The van der Waals surface area contributed by atoms with E-state index < -0.39 is 5.54 Å². The van der Waals surface area contributed by atoms with Gasteiger partial charge in [-0.05, 0) is 30.5 Å². The fourth-order valence-electron chi connectivity index (χ4n) is 2.76. The third-order valence-electron chi connectivity index (χ3n) is 3.80. The maximum atomic E-state index is 12.4. The average molecular weight is 307 g/mol. The molecule has 0 radical (unpaired) electrons. The fraction of sp³-hybridized carbons (Fsp3) is 0.429. The molecule has 3 rings (SSSR count). The van der Waals surface area contributed by atoms with Crippen molar-refractivity contribution in [3.63, 3.8) is 0 Å². The van der Waals surface area contributed by atoms with Crippen LogP contribution < -0.4 is 0 Å². The minimum absolute atomic E-state index is 0.183. The molecule has 0 atom stereocenters. The van der Waals surface area contributed by atoms with Crippen LogP contribution in [0.25, 0.3) is 0 Å². The first kappa shape index (κ1) is 11.9. The van der Waals surface area contributed by atoms with Crippen LogP contribution >= 0.6 is 15.9 Å². The van der Waals surface area contributed by atoms with E-state index in [0.29, 0.717) is 6.54 Å². The Hall–Kier alpha value is -1.16. The topological polar surface area (TPSA) is 32.7 Å². The molecule has 1 aliphatic carbocycles. The fourth-order valence-corrected chi connectivity index (χ4v) is 3.02. The third kappa shape index (κ3) is 1.99. The lowest BCUT2D eigenvalue weighted by Gasteiger charge is -2.20. The number of carbonyl (C=O) groups is 1. The Bertz CT molecular complexity index is 489. The number of nitrogens with zero attached hydrogens (tertiary/aromatic N) is 2. The highest BCUT2D eigenvalue weighted by Gasteiger charge is 2.46. The van der Waals surface area contributed by atoms with E-state index in [2.05, 4.69) is 20.9 Å². The molecule has 1 aliphatic heterocycles. The second-order valence-corrected chi connectivity index (χ2v) is 5.96. The Kier molecular flexibility index (Phi) is 2.98. The number of amides is 1. The molecule has 0 saturated heterocycles. The molecule has 94 valence electrons. The minimum atomic E-state index is -0.407. The van der Waals surface area contributed by atoms with Crippen molar-refractivity contribution in [2.45, 2.75) is 37.8 Å². The zero-order valence-electron chi connectivity index (χ0n) is 10.1. The quantitative estimate of drug-likeness (QED) is 0.826. The SMILES string of the molecule is O=C1N(Cc2ccc(Br)cc2)C=NC12CCCC2. The summed E-state index contributed by atoms with van der Waals surface area (Å²) < 4.78 is 1.06. The van der Waals surface area contributed by atoms with Gasteiger partial charge in [-0.15, -0.1) is 0 Å². The number of carbonyl (C=O) groups excluding carboxylic acids is 1. The molecule has 1 fully saturated rings. The predicted molar refractivity (Wildman–Crippen MR) is 74.4 cm³/mol. The van der Waals surface area contributed by atoms with Crippen LogP contribution in [0.1, 0.15) is 31.2 Å². The third-order valence-corrected chi connectivity index (χ3v) is 4.33. The average Bonchev–Trinajstić information content (AvgIpc) is 2.96. The van der Waals surface area contributed by atoms with Crippen LogP contribution in [-0.2, 0) is 11.3 Å². The second kappa shape index (κ2) is 4.50. The van der Waals surface area contributed by atoms with Gasteiger partial charge < -0.3 is 0 Å². The molecular formula is C14H15BrN2O. The molecule has 18 heavy (non-hydrogen) atoms. The van der Waals surface area contributed by atoms with E-state index in [1.54, 1.807) is 11.2 Å². The van der Waals surface area contributed by atoms with Gasteiger partial charge in [0, 0.05) is 4.47 Å². The number of hydrogen-bond donors (Lipinski definition) is 0. The van der Waals surface area contributed by atoms with Crippen molar-refractivity contribution in [1.29, 1.82) is 0 Å². The molecule has 3 nitrogen and oxygen atoms in total. The summed E-state index contributed by atoms with van der Waals surface area (Å²) in [6.07, 6.45) is 5.80. The van der Waals surface area contributed by atoms with Gasteiger partial charge in [0.25, 0.3) is 5.91 Å². The Morgan fingerprint density at radius 1 is 1.22 bits per heavy atom. The second-order valence-electron chi connectivity index (χ2n) is 5.04. The smallest absolute Gasteiger partial charge is 0.255 e. The predicted octanol–water partition coefficient (Wildman–Crippen LogP) is 3.13. The maximum Gasteiger partial charge on any atom is 0.255 e. The summed E-state index contributed by atoms with van der Waals surface area (Å²) in [6, 6.07) is 8.06. The van der Waals surface area contributed by atoms with Crippen molar-refractivity contribution in [3.8, 4) is 0 Å². The first-order valence-corrected chi connectivity index (χ1v) is 7.10. The molecule has 0 N–H and O–H groups in total. The largest absolute Gasteiger partial charge is 0.297 e. The van der Waals surface area contributed by atoms with Gasteiger partial charge in [0.15, 0.2) is 0 Å². The lowest BCUT2D eigenvalue weighted by atomic mass is 9.98.